The topological polar surface area (TPSA) is 70.1 Å². The van der Waals surface area contributed by atoms with Crippen LogP contribution in [-0.4, -0.2) is 19.5 Å². The van der Waals surface area contributed by atoms with Gasteiger partial charge in [0.2, 0.25) is 5.91 Å². The third-order valence-corrected chi connectivity index (χ3v) is 2.84. The van der Waals surface area contributed by atoms with Gasteiger partial charge in [0.15, 0.2) is 0 Å². The fourth-order valence-electron chi connectivity index (χ4n) is 1.70. The van der Waals surface area contributed by atoms with E-state index in [-0.39, 0.29) is 11.8 Å². The number of carbonyl (C=O) groups excluding carboxylic acids is 1. The zero-order valence-electron chi connectivity index (χ0n) is 10.2. The number of para-hydroxylation sites is 1. The zero-order chi connectivity index (χ0) is 12.8. The molecule has 4 nitrogen and oxygen atoms in total. The molecule has 1 rings (SSSR count). The van der Waals surface area contributed by atoms with E-state index in [9.17, 15) is 4.79 Å². The average molecular weight is 231 g/mol. The summed E-state index contributed by atoms with van der Waals surface area (Å²) in [7, 11) is 1.68. The van der Waals surface area contributed by atoms with Crippen molar-refractivity contribution < 1.29 is 4.79 Å². The van der Waals surface area contributed by atoms with Crippen molar-refractivity contribution in [2.24, 2.45) is 11.7 Å². The molecule has 2 N–H and O–H groups in total. The van der Waals surface area contributed by atoms with Crippen LogP contribution < -0.4 is 10.6 Å². The summed E-state index contributed by atoms with van der Waals surface area (Å²) < 4.78 is 0. The smallest absolute Gasteiger partial charge is 0.231 e. The molecule has 0 aliphatic rings. The van der Waals surface area contributed by atoms with E-state index in [0.717, 1.165) is 0 Å². The number of benzene rings is 1. The zero-order valence-corrected chi connectivity index (χ0v) is 10.2. The van der Waals surface area contributed by atoms with Gasteiger partial charge in [-0.25, -0.2) is 0 Å². The fourth-order valence-corrected chi connectivity index (χ4v) is 1.70. The van der Waals surface area contributed by atoms with Crippen LogP contribution in [0.15, 0.2) is 24.3 Å². The van der Waals surface area contributed by atoms with Gasteiger partial charge in [-0.3, -0.25) is 4.79 Å². The summed E-state index contributed by atoms with van der Waals surface area (Å²) in [6.45, 7) is 2.26. The first kappa shape index (κ1) is 13.2. The molecular formula is C13H17N3O. The molecule has 1 amide bonds. The Morgan fingerprint density at radius 1 is 1.53 bits per heavy atom. The van der Waals surface area contributed by atoms with Crippen LogP contribution in [0.3, 0.4) is 0 Å². The van der Waals surface area contributed by atoms with Gasteiger partial charge in [-0.05, 0) is 18.6 Å². The molecule has 0 bridgehead atoms. The van der Waals surface area contributed by atoms with Gasteiger partial charge in [0.05, 0.1) is 17.2 Å². The van der Waals surface area contributed by atoms with Crippen LogP contribution >= 0.6 is 0 Å². The molecule has 1 aromatic carbocycles. The van der Waals surface area contributed by atoms with Crippen molar-refractivity contribution in [2.45, 2.75) is 13.3 Å². The molecule has 17 heavy (non-hydrogen) atoms. The van der Waals surface area contributed by atoms with Gasteiger partial charge in [-0.1, -0.05) is 19.1 Å². The predicted octanol–water partition coefficient (Wildman–Crippen LogP) is 1.51. The van der Waals surface area contributed by atoms with Crippen LogP contribution in [0.2, 0.25) is 0 Å². The van der Waals surface area contributed by atoms with Crippen molar-refractivity contribution in [1.29, 1.82) is 5.26 Å². The molecule has 0 aliphatic carbocycles. The average Bonchev–Trinajstić information content (AvgIpc) is 2.39. The van der Waals surface area contributed by atoms with E-state index < -0.39 is 0 Å². The molecule has 0 heterocycles. The van der Waals surface area contributed by atoms with Gasteiger partial charge in [-0.15, -0.1) is 0 Å². The standard InChI is InChI=1S/C13H17N3O/c1-3-10(8-14)13(17)16(2)12-7-5-4-6-11(12)9-15/h4-7,10H,3,8,14H2,1-2H3. The van der Waals surface area contributed by atoms with E-state index in [1.54, 1.807) is 25.2 Å². The lowest BCUT2D eigenvalue weighted by molar-refractivity contribution is -0.121. The molecule has 0 saturated carbocycles. The normalized spacial score (nSPS) is 11.6. The van der Waals surface area contributed by atoms with Crippen LogP contribution in [0.4, 0.5) is 5.69 Å². The Kier molecular flexibility index (Phi) is 4.68. The highest BCUT2D eigenvalue weighted by molar-refractivity contribution is 5.95. The molecule has 0 fully saturated rings. The largest absolute Gasteiger partial charge is 0.330 e. The third kappa shape index (κ3) is 2.83. The second kappa shape index (κ2) is 6.02. The van der Waals surface area contributed by atoms with E-state index >= 15 is 0 Å². The Morgan fingerprint density at radius 2 is 2.18 bits per heavy atom. The number of nitrogens with zero attached hydrogens (tertiary/aromatic N) is 2. The second-order valence-electron chi connectivity index (χ2n) is 3.87. The molecule has 0 aliphatic heterocycles. The van der Waals surface area contributed by atoms with Crippen molar-refractivity contribution in [3.63, 3.8) is 0 Å². The first-order chi connectivity index (χ1) is 8.15. The molecule has 0 saturated heterocycles. The number of hydrogen-bond acceptors (Lipinski definition) is 3. The van der Waals surface area contributed by atoms with Crippen molar-refractivity contribution in [3.05, 3.63) is 29.8 Å². The first-order valence-electron chi connectivity index (χ1n) is 5.62. The summed E-state index contributed by atoms with van der Waals surface area (Å²) in [6, 6.07) is 9.13. The summed E-state index contributed by atoms with van der Waals surface area (Å²) in [6.07, 6.45) is 0.703. The van der Waals surface area contributed by atoms with Gasteiger partial charge in [0.1, 0.15) is 6.07 Å². The second-order valence-corrected chi connectivity index (χ2v) is 3.87. The molecule has 0 aromatic heterocycles. The number of hydrogen-bond donors (Lipinski definition) is 1. The summed E-state index contributed by atoms with van der Waals surface area (Å²) in [5.74, 6) is -0.232. The molecule has 1 atom stereocenters. The SMILES string of the molecule is CCC(CN)C(=O)N(C)c1ccccc1C#N. The van der Waals surface area contributed by atoms with Crippen LogP contribution in [-0.2, 0) is 4.79 Å². The summed E-state index contributed by atoms with van der Waals surface area (Å²) in [4.78, 5) is 13.6. The number of carbonyl (C=O) groups is 1. The quantitative estimate of drug-likeness (QED) is 0.853. The number of nitriles is 1. The maximum absolute atomic E-state index is 12.1. The minimum absolute atomic E-state index is 0.0438. The van der Waals surface area contributed by atoms with Crippen molar-refractivity contribution in [2.75, 3.05) is 18.5 Å². The molecular weight excluding hydrogens is 214 g/mol. The fraction of sp³-hybridized carbons (Fsp3) is 0.385. The predicted molar refractivity (Wildman–Crippen MR) is 67.4 cm³/mol. The van der Waals surface area contributed by atoms with Gasteiger partial charge < -0.3 is 10.6 Å². The van der Waals surface area contributed by atoms with E-state index in [4.69, 9.17) is 11.0 Å². The van der Waals surface area contributed by atoms with Gasteiger partial charge in [0.25, 0.3) is 0 Å². The van der Waals surface area contributed by atoms with Gasteiger partial charge in [0, 0.05) is 13.6 Å². The summed E-state index contributed by atoms with van der Waals surface area (Å²) in [5.41, 5.74) is 6.69. The van der Waals surface area contributed by atoms with Gasteiger partial charge in [-0.2, -0.15) is 5.26 Å². The Hall–Kier alpha value is -1.86. The number of rotatable bonds is 4. The number of nitrogens with two attached hydrogens (primary N) is 1. The highest BCUT2D eigenvalue weighted by Gasteiger charge is 2.21. The highest BCUT2D eigenvalue weighted by Crippen LogP contribution is 2.20. The Balaban J connectivity index is 3.00. The van der Waals surface area contributed by atoms with Crippen LogP contribution in [0, 0.1) is 17.2 Å². The maximum Gasteiger partial charge on any atom is 0.231 e. The van der Waals surface area contributed by atoms with Crippen LogP contribution in [0.5, 0.6) is 0 Å². The lowest BCUT2D eigenvalue weighted by Crippen LogP contribution is -2.36. The van der Waals surface area contributed by atoms with Crippen molar-refractivity contribution in [1.82, 2.24) is 0 Å². The third-order valence-electron chi connectivity index (χ3n) is 2.84. The van der Waals surface area contributed by atoms with Gasteiger partial charge >= 0.3 is 0 Å². The lowest BCUT2D eigenvalue weighted by atomic mass is 10.0. The Labute approximate surface area is 102 Å². The van der Waals surface area contributed by atoms with Crippen LogP contribution in [0.25, 0.3) is 0 Å². The van der Waals surface area contributed by atoms with Crippen molar-refractivity contribution in [3.8, 4) is 6.07 Å². The molecule has 1 aromatic rings. The molecule has 90 valence electrons. The van der Waals surface area contributed by atoms with E-state index in [0.29, 0.717) is 24.2 Å². The van der Waals surface area contributed by atoms with E-state index in [1.165, 1.54) is 4.90 Å². The number of anilines is 1. The number of amides is 1. The Bertz CT molecular complexity index is 433. The molecule has 4 heteroatoms. The highest BCUT2D eigenvalue weighted by atomic mass is 16.2. The van der Waals surface area contributed by atoms with E-state index in [2.05, 4.69) is 6.07 Å². The van der Waals surface area contributed by atoms with Crippen LogP contribution in [0.1, 0.15) is 18.9 Å². The molecule has 0 spiro atoms. The summed E-state index contributed by atoms with van der Waals surface area (Å²) in [5, 5.41) is 8.99. The first-order valence-corrected chi connectivity index (χ1v) is 5.62. The Morgan fingerprint density at radius 3 is 2.71 bits per heavy atom. The lowest BCUT2D eigenvalue weighted by Gasteiger charge is -2.22. The molecule has 1 unspecified atom stereocenters. The minimum Gasteiger partial charge on any atom is -0.330 e. The maximum atomic E-state index is 12.1. The van der Waals surface area contributed by atoms with E-state index in [1.807, 2.05) is 13.0 Å². The minimum atomic E-state index is -0.188. The molecule has 0 radical (unpaired) electrons. The monoisotopic (exact) mass is 231 g/mol. The van der Waals surface area contributed by atoms with Crippen molar-refractivity contribution >= 4 is 11.6 Å². The summed E-state index contributed by atoms with van der Waals surface area (Å²) >= 11 is 0.